The number of hydrogen-bond donors (Lipinski definition) is 1. The average Bonchev–Trinajstić information content (AvgIpc) is 2.68. The molecule has 0 aromatic rings. The van der Waals surface area contributed by atoms with E-state index in [-0.39, 0.29) is 33.9 Å². The first-order valence-electron chi connectivity index (χ1n) is 7.67. The standard InChI is InChI=1S/C15H22Br2N2O6/c1-15(2,3)25-14(22)18-4-6-23-8-9-24-7-5-19-12(20)10(16)11(17)13(19)21/h4-9H2,1-3H3,(H,18,22). The van der Waals surface area contributed by atoms with Gasteiger partial charge in [-0.3, -0.25) is 14.5 Å². The van der Waals surface area contributed by atoms with E-state index in [1.54, 1.807) is 20.8 Å². The van der Waals surface area contributed by atoms with Crippen molar-refractivity contribution in [3.8, 4) is 0 Å². The molecule has 0 atom stereocenters. The lowest BCUT2D eigenvalue weighted by Gasteiger charge is -2.19. The van der Waals surface area contributed by atoms with Gasteiger partial charge in [0.05, 0.1) is 33.0 Å². The maximum atomic E-state index is 11.8. The maximum absolute atomic E-state index is 11.8. The summed E-state index contributed by atoms with van der Waals surface area (Å²) in [4.78, 5) is 36.0. The summed E-state index contributed by atoms with van der Waals surface area (Å²) < 4.78 is 16.1. The minimum absolute atomic E-state index is 0.169. The molecule has 1 N–H and O–H groups in total. The number of halogens is 2. The van der Waals surface area contributed by atoms with Gasteiger partial charge in [-0.15, -0.1) is 0 Å². The van der Waals surface area contributed by atoms with Crippen LogP contribution in [0.15, 0.2) is 8.96 Å². The molecule has 1 rings (SSSR count). The van der Waals surface area contributed by atoms with E-state index in [4.69, 9.17) is 14.2 Å². The second-order valence-electron chi connectivity index (χ2n) is 6.04. The summed E-state index contributed by atoms with van der Waals surface area (Å²) in [6.45, 7) is 7.07. The van der Waals surface area contributed by atoms with Gasteiger partial charge in [0.25, 0.3) is 11.8 Å². The zero-order valence-corrected chi connectivity index (χ0v) is 17.6. The highest BCUT2D eigenvalue weighted by Crippen LogP contribution is 2.28. The van der Waals surface area contributed by atoms with Gasteiger partial charge in [-0.1, -0.05) is 0 Å². The molecule has 10 heteroatoms. The number of nitrogens with one attached hydrogen (secondary N) is 1. The molecule has 8 nitrogen and oxygen atoms in total. The van der Waals surface area contributed by atoms with Crippen LogP contribution in [-0.4, -0.2) is 67.9 Å². The van der Waals surface area contributed by atoms with Crippen molar-refractivity contribution in [2.24, 2.45) is 0 Å². The van der Waals surface area contributed by atoms with Crippen LogP contribution < -0.4 is 5.32 Å². The lowest BCUT2D eigenvalue weighted by atomic mass is 10.2. The number of rotatable bonds is 9. The predicted molar refractivity (Wildman–Crippen MR) is 97.5 cm³/mol. The summed E-state index contributed by atoms with van der Waals surface area (Å²) in [7, 11) is 0. The quantitative estimate of drug-likeness (QED) is 0.396. The Morgan fingerprint density at radius 2 is 1.52 bits per heavy atom. The molecule has 1 heterocycles. The molecule has 0 aromatic carbocycles. The molecule has 0 bridgehead atoms. The van der Waals surface area contributed by atoms with E-state index in [1.807, 2.05) is 0 Å². The van der Waals surface area contributed by atoms with Gasteiger partial charge >= 0.3 is 6.09 Å². The molecule has 0 saturated carbocycles. The van der Waals surface area contributed by atoms with Crippen LogP contribution in [0.1, 0.15) is 20.8 Å². The Balaban J connectivity index is 2.01. The van der Waals surface area contributed by atoms with E-state index in [9.17, 15) is 14.4 Å². The van der Waals surface area contributed by atoms with Gasteiger partial charge in [0.1, 0.15) is 14.6 Å². The van der Waals surface area contributed by atoms with Gasteiger partial charge in [-0.25, -0.2) is 4.79 Å². The smallest absolute Gasteiger partial charge is 0.407 e. The van der Waals surface area contributed by atoms with Crippen molar-refractivity contribution in [3.63, 3.8) is 0 Å². The van der Waals surface area contributed by atoms with E-state index in [0.29, 0.717) is 26.4 Å². The van der Waals surface area contributed by atoms with E-state index < -0.39 is 11.7 Å². The monoisotopic (exact) mass is 484 g/mol. The minimum atomic E-state index is -0.530. The number of ether oxygens (including phenoxy) is 3. The molecule has 0 unspecified atom stereocenters. The molecule has 0 fully saturated rings. The summed E-state index contributed by atoms with van der Waals surface area (Å²) in [5.41, 5.74) is -0.530. The van der Waals surface area contributed by atoms with Gasteiger partial charge in [0.2, 0.25) is 0 Å². The fourth-order valence-electron chi connectivity index (χ4n) is 1.74. The summed E-state index contributed by atoms with van der Waals surface area (Å²) >= 11 is 6.11. The van der Waals surface area contributed by atoms with Crippen LogP contribution in [0.25, 0.3) is 0 Å². The number of hydrogen-bond acceptors (Lipinski definition) is 6. The zero-order chi connectivity index (χ0) is 19.0. The van der Waals surface area contributed by atoms with Gasteiger partial charge < -0.3 is 19.5 Å². The molecule has 0 aromatic heterocycles. The normalized spacial score (nSPS) is 15.2. The fourth-order valence-corrected chi connectivity index (χ4v) is 2.50. The van der Waals surface area contributed by atoms with E-state index in [0.717, 1.165) is 4.90 Å². The topological polar surface area (TPSA) is 94.2 Å². The molecule has 0 saturated heterocycles. The van der Waals surface area contributed by atoms with Crippen molar-refractivity contribution >= 4 is 49.8 Å². The number of alkyl carbamates (subject to hydrolysis) is 1. The van der Waals surface area contributed by atoms with Crippen molar-refractivity contribution in [2.45, 2.75) is 26.4 Å². The van der Waals surface area contributed by atoms with Crippen molar-refractivity contribution in [3.05, 3.63) is 8.96 Å². The van der Waals surface area contributed by atoms with Crippen LogP contribution >= 0.6 is 31.9 Å². The van der Waals surface area contributed by atoms with Gasteiger partial charge in [0.15, 0.2) is 0 Å². The third-order valence-electron chi connectivity index (χ3n) is 2.80. The Hall–Kier alpha value is -0.970. The first-order chi connectivity index (χ1) is 11.6. The molecular weight excluding hydrogens is 464 g/mol. The van der Waals surface area contributed by atoms with Crippen molar-refractivity contribution in [1.82, 2.24) is 10.2 Å². The first-order valence-corrected chi connectivity index (χ1v) is 9.26. The van der Waals surface area contributed by atoms with Crippen LogP contribution in [0.4, 0.5) is 4.79 Å². The summed E-state index contributed by atoms with van der Waals surface area (Å²) in [6, 6.07) is 0. The van der Waals surface area contributed by atoms with Crippen molar-refractivity contribution < 1.29 is 28.6 Å². The Kier molecular flexibility index (Phi) is 9.04. The largest absolute Gasteiger partial charge is 0.444 e. The second-order valence-corrected chi connectivity index (χ2v) is 7.63. The van der Waals surface area contributed by atoms with Crippen LogP contribution in [0.3, 0.4) is 0 Å². The van der Waals surface area contributed by atoms with Crippen LogP contribution in [0.5, 0.6) is 0 Å². The average molecular weight is 486 g/mol. The van der Waals surface area contributed by atoms with E-state index in [1.165, 1.54) is 0 Å². The molecule has 1 aliphatic rings. The number of imide groups is 1. The van der Waals surface area contributed by atoms with Crippen LogP contribution in [0, 0.1) is 0 Å². The Morgan fingerprint density at radius 1 is 1.00 bits per heavy atom. The van der Waals surface area contributed by atoms with Crippen molar-refractivity contribution in [2.75, 3.05) is 39.5 Å². The predicted octanol–water partition coefficient (Wildman–Crippen LogP) is 1.91. The molecule has 0 aliphatic carbocycles. The number of carbonyl (C=O) groups excluding carboxylic acids is 3. The molecule has 0 spiro atoms. The van der Waals surface area contributed by atoms with Gasteiger partial charge in [-0.05, 0) is 52.6 Å². The summed E-state index contributed by atoms with van der Waals surface area (Å²) in [5, 5.41) is 2.57. The molecule has 3 amide bonds. The molecule has 25 heavy (non-hydrogen) atoms. The molecule has 142 valence electrons. The Labute approximate surface area is 163 Å². The highest BCUT2D eigenvalue weighted by Gasteiger charge is 2.35. The van der Waals surface area contributed by atoms with Gasteiger partial charge in [-0.2, -0.15) is 0 Å². The van der Waals surface area contributed by atoms with Crippen LogP contribution in [0.2, 0.25) is 0 Å². The van der Waals surface area contributed by atoms with Crippen LogP contribution in [-0.2, 0) is 23.8 Å². The van der Waals surface area contributed by atoms with Gasteiger partial charge in [0, 0.05) is 6.54 Å². The molecule has 1 aliphatic heterocycles. The highest BCUT2D eigenvalue weighted by molar-refractivity contribution is 9.14. The Morgan fingerprint density at radius 3 is 2.04 bits per heavy atom. The lowest BCUT2D eigenvalue weighted by Crippen LogP contribution is -2.34. The minimum Gasteiger partial charge on any atom is -0.444 e. The zero-order valence-electron chi connectivity index (χ0n) is 14.4. The maximum Gasteiger partial charge on any atom is 0.407 e. The third-order valence-corrected chi connectivity index (χ3v) is 4.81. The summed E-state index contributed by atoms with van der Waals surface area (Å²) in [6.07, 6.45) is -0.488. The number of carbonyl (C=O) groups is 3. The Bertz CT molecular complexity index is 521. The highest BCUT2D eigenvalue weighted by atomic mass is 79.9. The number of nitrogens with zero attached hydrogens (tertiary/aromatic N) is 1. The van der Waals surface area contributed by atoms with E-state index in [2.05, 4.69) is 37.2 Å². The fraction of sp³-hybridized carbons (Fsp3) is 0.667. The van der Waals surface area contributed by atoms with Crippen molar-refractivity contribution in [1.29, 1.82) is 0 Å². The molecular formula is C15H22Br2N2O6. The third kappa shape index (κ3) is 7.85. The second kappa shape index (κ2) is 10.2. The number of amides is 3. The molecule has 0 radical (unpaired) electrons. The lowest BCUT2D eigenvalue weighted by molar-refractivity contribution is -0.137. The summed E-state index contributed by atoms with van der Waals surface area (Å²) in [5.74, 6) is -0.769. The SMILES string of the molecule is CC(C)(C)OC(=O)NCCOCCOCCN1C(=O)C(Br)=C(Br)C1=O. The first kappa shape index (κ1) is 22.1. The van der Waals surface area contributed by atoms with E-state index >= 15 is 0 Å².